The molecule has 0 aliphatic heterocycles. The van der Waals surface area contributed by atoms with Gasteiger partial charge in [-0.1, -0.05) is 42.5 Å². The van der Waals surface area contributed by atoms with E-state index in [4.69, 9.17) is 0 Å². The van der Waals surface area contributed by atoms with Crippen LogP contribution in [0.1, 0.15) is 34.3 Å². The number of hydrogen-bond donors (Lipinski definition) is 3. The van der Waals surface area contributed by atoms with Crippen LogP contribution in [-0.2, 0) is 17.9 Å². The molecule has 0 atom stereocenters. The Kier molecular flexibility index (Phi) is 6.84. The third-order valence-corrected chi connectivity index (χ3v) is 4.80. The second-order valence-corrected chi connectivity index (χ2v) is 7.05. The highest BCUT2D eigenvalue weighted by Gasteiger charge is 2.32. The third-order valence-electron chi connectivity index (χ3n) is 4.80. The second kappa shape index (κ2) is 9.73. The molecule has 7 heteroatoms. The van der Waals surface area contributed by atoms with Gasteiger partial charge in [0.1, 0.15) is 0 Å². The smallest absolute Gasteiger partial charge is 0.315 e. The first-order valence-electron chi connectivity index (χ1n) is 9.73. The van der Waals surface area contributed by atoms with Gasteiger partial charge in [-0.05, 0) is 36.1 Å². The summed E-state index contributed by atoms with van der Waals surface area (Å²) in [6.07, 6.45) is 1.95. The lowest BCUT2D eigenvalue weighted by Crippen LogP contribution is -2.44. The van der Waals surface area contributed by atoms with Crippen LogP contribution in [-0.4, -0.2) is 42.4 Å². The summed E-state index contributed by atoms with van der Waals surface area (Å²) in [7, 11) is 1.59. The fourth-order valence-electron chi connectivity index (χ4n) is 3.01. The van der Waals surface area contributed by atoms with Crippen molar-refractivity contribution < 1.29 is 14.4 Å². The third kappa shape index (κ3) is 6.07. The molecular weight excluding hydrogens is 368 g/mol. The van der Waals surface area contributed by atoms with Gasteiger partial charge in [0.05, 0.1) is 6.54 Å². The minimum Gasteiger partial charge on any atom is -0.355 e. The topological polar surface area (TPSA) is 90.5 Å². The van der Waals surface area contributed by atoms with Crippen molar-refractivity contribution in [2.45, 2.75) is 32.0 Å². The van der Waals surface area contributed by atoms with Crippen LogP contribution in [0.4, 0.5) is 4.79 Å². The van der Waals surface area contributed by atoms with Crippen molar-refractivity contribution in [1.82, 2.24) is 20.9 Å². The van der Waals surface area contributed by atoms with Crippen LogP contribution in [0.5, 0.6) is 0 Å². The summed E-state index contributed by atoms with van der Waals surface area (Å²) in [6.45, 7) is 0.823. The Hall–Kier alpha value is -3.35. The first kappa shape index (κ1) is 20.4. The molecule has 0 bridgehead atoms. The first-order valence-corrected chi connectivity index (χ1v) is 9.73. The number of hydrogen-bond acceptors (Lipinski definition) is 3. The highest BCUT2D eigenvalue weighted by atomic mass is 16.2. The van der Waals surface area contributed by atoms with Crippen molar-refractivity contribution in [3.05, 3.63) is 71.3 Å². The van der Waals surface area contributed by atoms with E-state index in [2.05, 4.69) is 16.0 Å². The molecule has 3 N–H and O–H groups in total. The van der Waals surface area contributed by atoms with E-state index in [1.807, 2.05) is 42.5 Å². The van der Waals surface area contributed by atoms with Crippen LogP contribution in [0.2, 0.25) is 0 Å². The molecule has 4 amide bonds. The van der Waals surface area contributed by atoms with Crippen molar-refractivity contribution >= 4 is 17.8 Å². The van der Waals surface area contributed by atoms with Crippen molar-refractivity contribution in [1.29, 1.82) is 0 Å². The molecule has 1 aliphatic carbocycles. The molecule has 0 radical (unpaired) electrons. The van der Waals surface area contributed by atoms with Crippen molar-refractivity contribution in [3.63, 3.8) is 0 Å². The van der Waals surface area contributed by atoms with E-state index in [0.29, 0.717) is 18.7 Å². The standard InChI is InChI=1S/C22H26N4O3/c1-23-21(28)18-9-7-17(8-10-18)15-26(19-11-12-19)20(27)14-25-22(29)24-13-16-5-3-2-4-6-16/h2-10,19H,11-15H2,1H3,(H,23,28)(H2,24,25,29). The van der Waals surface area contributed by atoms with Crippen LogP contribution in [0.3, 0.4) is 0 Å². The number of carbonyl (C=O) groups excluding carboxylic acids is 3. The SMILES string of the molecule is CNC(=O)c1ccc(CN(C(=O)CNC(=O)NCc2ccccc2)C2CC2)cc1. The Morgan fingerprint density at radius 3 is 2.24 bits per heavy atom. The quantitative estimate of drug-likeness (QED) is 0.640. The van der Waals surface area contributed by atoms with E-state index < -0.39 is 0 Å². The molecule has 3 rings (SSSR count). The Labute approximate surface area is 170 Å². The lowest BCUT2D eigenvalue weighted by atomic mass is 10.1. The molecule has 152 valence electrons. The molecule has 0 heterocycles. The molecule has 0 unspecified atom stereocenters. The maximum absolute atomic E-state index is 12.6. The maximum Gasteiger partial charge on any atom is 0.315 e. The molecule has 0 spiro atoms. The van der Waals surface area contributed by atoms with E-state index in [9.17, 15) is 14.4 Å². The van der Waals surface area contributed by atoms with Gasteiger partial charge in [0.2, 0.25) is 5.91 Å². The Morgan fingerprint density at radius 1 is 0.931 bits per heavy atom. The van der Waals surface area contributed by atoms with Gasteiger partial charge in [-0.25, -0.2) is 4.79 Å². The fraction of sp³-hybridized carbons (Fsp3) is 0.318. The fourth-order valence-corrected chi connectivity index (χ4v) is 3.01. The number of benzene rings is 2. The Balaban J connectivity index is 1.49. The molecule has 2 aromatic rings. The van der Waals surface area contributed by atoms with Crippen LogP contribution in [0.25, 0.3) is 0 Å². The molecule has 29 heavy (non-hydrogen) atoms. The number of rotatable bonds is 8. The highest BCUT2D eigenvalue weighted by Crippen LogP contribution is 2.28. The van der Waals surface area contributed by atoms with Gasteiger partial charge in [0.15, 0.2) is 0 Å². The lowest BCUT2D eigenvalue weighted by molar-refractivity contribution is -0.131. The molecule has 1 fully saturated rings. The maximum atomic E-state index is 12.6. The first-order chi connectivity index (χ1) is 14.1. The van der Waals surface area contributed by atoms with Gasteiger partial charge < -0.3 is 20.9 Å². The summed E-state index contributed by atoms with van der Waals surface area (Å²) in [5, 5.41) is 7.98. The van der Waals surface area contributed by atoms with Gasteiger partial charge in [-0.15, -0.1) is 0 Å². The van der Waals surface area contributed by atoms with Gasteiger partial charge in [-0.3, -0.25) is 9.59 Å². The highest BCUT2D eigenvalue weighted by molar-refractivity contribution is 5.94. The predicted molar refractivity (Wildman–Crippen MR) is 110 cm³/mol. The van der Waals surface area contributed by atoms with E-state index in [1.165, 1.54) is 0 Å². The zero-order chi connectivity index (χ0) is 20.6. The second-order valence-electron chi connectivity index (χ2n) is 7.05. The number of nitrogens with zero attached hydrogens (tertiary/aromatic N) is 1. The largest absolute Gasteiger partial charge is 0.355 e. The van der Waals surface area contributed by atoms with Crippen LogP contribution in [0, 0.1) is 0 Å². The van der Waals surface area contributed by atoms with Crippen molar-refractivity contribution in [2.75, 3.05) is 13.6 Å². The Morgan fingerprint density at radius 2 is 1.62 bits per heavy atom. The molecule has 7 nitrogen and oxygen atoms in total. The number of carbonyl (C=O) groups is 3. The molecular formula is C22H26N4O3. The summed E-state index contributed by atoms with van der Waals surface area (Å²) < 4.78 is 0. The van der Waals surface area contributed by atoms with Crippen LogP contribution >= 0.6 is 0 Å². The van der Waals surface area contributed by atoms with Crippen molar-refractivity contribution in [3.8, 4) is 0 Å². The van der Waals surface area contributed by atoms with Gasteiger partial charge >= 0.3 is 6.03 Å². The molecule has 1 aliphatic rings. The summed E-state index contributed by atoms with van der Waals surface area (Å²) >= 11 is 0. The predicted octanol–water partition coefficient (Wildman–Crippen LogP) is 2.04. The minimum atomic E-state index is -0.368. The molecule has 0 aromatic heterocycles. The van der Waals surface area contributed by atoms with Crippen LogP contribution in [0.15, 0.2) is 54.6 Å². The number of amides is 4. The minimum absolute atomic E-state index is 0.0482. The van der Waals surface area contributed by atoms with E-state index in [0.717, 1.165) is 24.0 Å². The lowest BCUT2D eigenvalue weighted by Gasteiger charge is -2.23. The summed E-state index contributed by atoms with van der Waals surface area (Å²) in [6, 6.07) is 16.6. The number of nitrogens with one attached hydrogen (secondary N) is 3. The van der Waals surface area contributed by atoms with E-state index in [-0.39, 0.29) is 30.4 Å². The van der Waals surface area contributed by atoms with Crippen LogP contribution < -0.4 is 16.0 Å². The molecule has 1 saturated carbocycles. The van der Waals surface area contributed by atoms with Crippen molar-refractivity contribution in [2.24, 2.45) is 0 Å². The normalized spacial score (nSPS) is 12.7. The zero-order valence-electron chi connectivity index (χ0n) is 16.5. The molecule has 2 aromatic carbocycles. The zero-order valence-corrected chi connectivity index (χ0v) is 16.5. The summed E-state index contributed by atoms with van der Waals surface area (Å²) in [5.74, 6) is -0.255. The van der Waals surface area contributed by atoms with Gasteiger partial charge in [0.25, 0.3) is 5.91 Å². The van der Waals surface area contributed by atoms with Gasteiger partial charge in [0, 0.05) is 31.7 Å². The summed E-state index contributed by atoms with van der Waals surface area (Å²) in [5.41, 5.74) is 2.53. The van der Waals surface area contributed by atoms with E-state index in [1.54, 1.807) is 24.1 Å². The number of urea groups is 1. The molecule has 0 saturated heterocycles. The monoisotopic (exact) mass is 394 g/mol. The summed E-state index contributed by atoms with van der Waals surface area (Å²) in [4.78, 5) is 38.1. The average Bonchev–Trinajstić information content (AvgIpc) is 3.60. The average molecular weight is 394 g/mol. The van der Waals surface area contributed by atoms with E-state index >= 15 is 0 Å². The Bertz CT molecular complexity index is 848. The van der Waals surface area contributed by atoms with Gasteiger partial charge in [-0.2, -0.15) is 0 Å².